The lowest BCUT2D eigenvalue weighted by Crippen LogP contribution is -2.70. The van der Waals surface area contributed by atoms with Gasteiger partial charge in [0.15, 0.2) is 0 Å². The highest BCUT2D eigenvalue weighted by Crippen LogP contribution is 2.49. The van der Waals surface area contributed by atoms with Crippen molar-refractivity contribution in [3.8, 4) is 0 Å². The second-order valence-electron chi connectivity index (χ2n) is 5.49. The van der Waals surface area contributed by atoms with Crippen molar-refractivity contribution in [1.82, 2.24) is 0 Å². The van der Waals surface area contributed by atoms with E-state index >= 15 is 0 Å². The van der Waals surface area contributed by atoms with Crippen LogP contribution < -0.4 is 11.5 Å². The molecule has 2 nitrogen and oxygen atoms in total. The van der Waals surface area contributed by atoms with Gasteiger partial charge in [0, 0.05) is 0 Å². The Hall–Kier alpha value is -0.0800. The summed E-state index contributed by atoms with van der Waals surface area (Å²) < 4.78 is 0. The summed E-state index contributed by atoms with van der Waals surface area (Å²) in [6.45, 7) is 8.70. The third-order valence-corrected chi connectivity index (χ3v) is 3.84. The average Bonchev–Trinajstić information content (AvgIpc) is 1.83. The molecule has 1 saturated carbocycles. The Bertz CT molecular complexity index is 162. The van der Waals surface area contributed by atoms with E-state index in [1.807, 2.05) is 0 Å². The molecule has 12 heavy (non-hydrogen) atoms. The summed E-state index contributed by atoms with van der Waals surface area (Å²) in [7, 11) is 0. The van der Waals surface area contributed by atoms with Gasteiger partial charge >= 0.3 is 0 Å². The third kappa shape index (κ3) is 1.17. The molecule has 0 heterocycles. The van der Waals surface area contributed by atoms with Gasteiger partial charge in [-0.05, 0) is 23.7 Å². The third-order valence-electron chi connectivity index (χ3n) is 3.84. The summed E-state index contributed by atoms with van der Waals surface area (Å²) in [6, 6.07) is 0. The molecular formula is C10H22N2. The van der Waals surface area contributed by atoms with Crippen molar-refractivity contribution < 1.29 is 0 Å². The molecular weight excluding hydrogens is 148 g/mol. The lowest BCUT2D eigenvalue weighted by atomic mass is 9.57. The summed E-state index contributed by atoms with van der Waals surface area (Å²) in [5.41, 5.74) is 12.0. The fraction of sp³-hybridized carbons (Fsp3) is 1.00. The first-order valence-corrected chi connectivity index (χ1v) is 4.78. The Labute approximate surface area is 75.7 Å². The van der Waals surface area contributed by atoms with Gasteiger partial charge in [-0.25, -0.2) is 0 Å². The minimum Gasteiger partial charge on any atom is -0.313 e. The Morgan fingerprint density at radius 3 is 1.42 bits per heavy atom. The summed E-state index contributed by atoms with van der Waals surface area (Å²) in [6.07, 6.45) is 3.53. The monoisotopic (exact) mass is 170 g/mol. The SMILES string of the molecule is CC1(C)CCCC(C)(C)C1(N)N. The normalized spacial score (nSPS) is 31.5. The zero-order valence-corrected chi connectivity index (χ0v) is 8.78. The molecule has 0 spiro atoms. The van der Waals surface area contributed by atoms with Crippen LogP contribution >= 0.6 is 0 Å². The standard InChI is InChI=1S/C10H22N2/c1-8(2)6-5-7-9(3,4)10(8,11)12/h5-7,11-12H2,1-4H3. The van der Waals surface area contributed by atoms with E-state index in [1.54, 1.807) is 0 Å². The number of hydrogen-bond donors (Lipinski definition) is 2. The van der Waals surface area contributed by atoms with E-state index in [0.717, 1.165) is 12.8 Å². The molecule has 0 aromatic heterocycles. The molecule has 0 aliphatic heterocycles. The molecule has 0 saturated heterocycles. The predicted octanol–water partition coefficient (Wildman–Crippen LogP) is 1.84. The molecule has 0 atom stereocenters. The molecule has 1 aliphatic rings. The van der Waals surface area contributed by atoms with Gasteiger partial charge in [0.2, 0.25) is 0 Å². The lowest BCUT2D eigenvalue weighted by molar-refractivity contribution is -0.0124. The van der Waals surface area contributed by atoms with Gasteiger partial charge in [0.1, 0.15) is 0 Å². The van der Waals surface area contributed by atoms with Gasteiger partial charge in [-0.15, -0.1) is 0 Å². The first-order chi connectivity index (χ1) is 5.21. The first-order valence-electron chi connectivity index (χ1n) is 4.78. The highest BCUT2D eigenvalue weighted by Gasteiger charge is 2.51. The largest absolute Gasteiger partial charge is 0.313 e. The predicted molar refractivity (Wildman–Crippen MR) is 52.5 cm³/mol. The Kier molecular flexibility index (Phi) is 2.05. The smallest absolute Gasteiger partial charge is 0.0741 e. The topological polar surface area (TPSA) is 52.0 Å². The van der Waals surface area contributed by atoms with E-state index < -0.39 is 5.66 Å². The molecule has 0 unspecified atom stereocenters. The van der Waals surface area contributed by atoms with E-state index in [-0.39, 0.29) is 10.8 Å². The second-order valence-corrected chi connectivity index (χ2v) is 5.49. The van der Waals surface area contributed by atoms with Crippen LogP contribution in [0.1, 0.15) is 47.0 Å². The molecule has 4 N–H and O–H groups in total. The van der Waals surface area contributed by atoms with Crippen LogP contribution in [0.25, 0.3) is 0 Å². The van der Waals surface area contributed by atoms with Gasteiger partial charge < -0.3 is 11.5 Å². The van der Waals surface area contributed by atoms with Crippen molar-refractivity contribution in [2.45, 2.75) is 52.6 Å². The molecule has 1 aliphatic carbocycles. The van der Waals surface area contributed by atoms with Crippen molar-refractivity contribution in [1.29, 1.82) is 0 Å². The zero-order valence-electron chi connectivity index (χ0n) is 8.78. The van der Waals surface area contributed by atoms with Crippen LogP contribution in [0.3, 0.4) is 0 Å². The fourth-order valence-electron chi connectivity index (χ4n) is 2.30. The highest BCUT2D eigenvalue weighted by molar-refractivity contribution is 5.05. The molecule has 1 fully saturated rings. The van der Waals surface area contributed by atoms with Gasteiger partial charge in [-0.3, -0.25) is 0 Å². The molecule has 0 amide bonds. The summed E-state index contributed by atoms with van der Waals surface area (Å²) >= 11 is 0. The van der Waals surface area contributed by atoms with Crippen molar-refractivity contribution >= 4 is 0 Å². The van der Waals surface area contributed by atoms with Crippen molar-refractivity contribution in [3.63, 3.8) is 0 Å². The highest BCUT2D eigenvalue weighted by atomic mass is 15.0. The molecule has 2 heteroatoms. The van der Waals surface area contributed by atoms with Gasteiger partial charge in [0.05, 0.1) is 5.66 Å². The van der Waals surface area contributed by atoms with E-state index in [2.05, 4.69) is 27.7 Å². The maximum Gasteiger partial charge on any atom is 0.0741 e. The minimum atomic E-state index is -0.530. The van der Waals surface area contributed by atoms with Crippen LogP contribution in [0.4, 0.5) is 0 Å². The molecule has 0 aromatic carbocycles. The van der Waals surface area contributed by atoms with Crippen LogP contribution in [-0.2, 0) is 0 Å². The Balaban J connectivity index is 2.99. The minimum absolute atomic E-state index is 0.0642. The van der Waals surface area contributed by atoms with Crippen LogP contribution in [0.2, 0.25) is 0 Å². The Morgan fingerprint density at radius 1 is 0.833 bits per heavy atom. The lowest BCUT2D eigenvalue weighted by Gasteiger charge is -2.55. The van der Waals surface area contributed by atoms with E-state index in [4.69, 9.17) is 11.5 Å². The molecule has 0 aromatic rings. The first kappa shape index (κ1) is 10.0. The maximum absolute atomic E-state index is 6.21. The summed E-state index contributed by atoms with van der Waals surface area (Å²) in [5.74, 6) is 0. The number of hydrogen-bond acceptors (Lipinski definition) is 2. The van der Waals surface area contributed by atoms with Gasteiger partial charge in [-0.2, -0.15) is 0 Å². The van der Waals surface area contributed by atoms with E-state index in [0.29, 0.717) is 0 Å². The van der Waals surface area contributed by atoms with E-state index in [1.165, 1.54) is 6.42 Å². The second kappa shape index (κ2) is 2.46. The number of rotatable bonds is 0. The fourth-order valence-corrected chi connectivity index (χ4v) is 2.30. The van der Waals surface area contributed by atoms with Crippen LogP contribution in [0.15, 0.2) is 0 Å². The van der Waals surface area contributed by atoms with Crippen LogP contribution in [0.5, 0.6) is 0 Å². The molecule has 1 rings (SSSR count). The van der Waals surface area contributed by atoms with Crippen LogP contribution in [0, 0.1) is 10.8 Å². The molecule has 0 bridgehead atoms. The quantitative estimate of drug-likeness (QED) is 0.545. The number of nitrogens with two attached hydrogens (primary N) is 2. The Morgan fingerprint density at radius 2 is 1.17 bits per heavy atom. The average molecular weight is 170 g/mol. The van der Waals surface area contributed by atoms with Crippen molar-refractivity contribution in [3.05, 3.63) is 0 Å². The molecule has 0 radical (unpaired) electrons. The maximum atomic E-state index is 6.21. The summed E-state index contributed by atoms with van der Waals surface area (Å²) in [4.78, 5) is 0. The summed E-state index contributed by atoms with van der Waals surface area (Å²) in [5, 5.41) is 0. The zero-order chi connectivity index (χ0) is 9.62. The van der Waals surface area contributed by atoms with Gasteiger partial charge in [-0.1, -0.05) is 34.1 Å². The van der Waals surface area contributed by atoms with Crippen molar-refractivity contribution in [2.24, 2.45) is 22.3 Å². The molecule has 72 valence electrons. The van der Waals surface area contributed by atoms with E-state index in [9.17, 15) is 0 Å². The van der Waals surface area contributed by atoms with Gasteiger partial charge in [0.25, 0.3) is 0 Å². The van der Waals surface area contributed by atoms with Crippen molar-refractivity contribution in [2.75, 3.05) is 0 Å². The van der Waals surface area contributed by atoms with Crippen LogP contribution in [-0.4, -0.2) is 5.66 Å².